The average Bonchev–Trinajstić information content (AvgIpc) is 2.59. The molecule has 1 aromatic carbocycles. The highest BCUT2D eigenvalue weighted by Crippen LogP contribution is 2.14. The summed E-state index contributed by atoms with van der Waals surface area (Å²) in [7, 11) is 0. The van der Waals surface area contributed by atoms with E-state index < -0.39 is 17.6 Å². The van der Waals surface area contributed by atoms with Gasteiger partial charge in [0, 0.05) is 19.3 Å². The van der Waals surface area contributed by atoms with Gasteiger partial charge in [0.05, 0.1) is 0 Å². The molecular weight excluding hydrogens is 338 g/mol. The van der Waals surface area contributed by atoms with Crippen LogP contribution in [0.1, 0.15) is 82.6 Å². The summed E-state index contributed by atoms with van der Waals surface area (Å²) in [5, 5.41) is 8.54. The number of Topliss-reactive ketones (excluding diaryl/α,β-unsaturated/α-hetero) is 1. The van der Waals surface area contributed by atoms with Crippen molar-refractivity contribution in [2.45, 2.75) is 83.5 Å². The van der Waals surface area contributed by atoms with Gasteiger partial charge in [-0.15, -0.1) is 0 Å². The summed E-state index contributed by atoms with van der Waals surface area (Å²) in [6.45, 7) is 0. The summed E-state index contributed by atoms with van der Waals surface area (Å²) >= 11 is 0. The number of carboxylic acid groups (broad SMARTS) is 1. The maximum atomic E-state index is 13.1. The van der Waals surface area contributed by atoms with Crippen LogP contribution in [-0.2, 0) is 16.0 Å². The number of carbonyl (C=O) groups is 2. The van der Waals surface area contributed by atoms with Crippen LogP contribution in [0.25, 0.3) is 0 Å². The van der Waals surface area contributed by atoms with Crippen LogP contribution in [0.3, 0.4) is 0 Å². The zero-order valence-corrected chi connectivity index (χ0v) is 15.4. The monoisotopic (exact) mass is 368 g/mol. The first-order valence-electron chi connectivity index (χ1n) is 9.66. The first-order valence-corrected chi connectivity index (χ1v) is 9.66. The minimum Gasteiger partial charge on any atom is -0.481 e. The van der Waals surface area contributed by atoms with Crippen molar-refractivity contribution in [1.29, 1.82) is 0 Å². The van der Waals surface area contributed by atoms with Gasteiger partial charge in [-0.25, -0.2) is 8.78 Å². The van der Waals surface area contributed by atoms with Gasteiger partial charge in [0.25, 0.3) is 0 Å². The van der Waals surface area contributed by atoms with Crippen molar-refractivity contribution in [1.82, 2.24) is 0 Å². The number of carbonyl (C=O) groups excluding carboxylic acids is 1. The molecule has 0 saturated carbocycles. The first-order chi connectivity index (χ1) is 12.5. The summed E-state index contributed by atoms with van der Waals surface area (Å²) in [6, 6.07) is 3.61. The van der Waals surface area contributed by atoms with E-state index in [1.165, 1.54) is 18.9 Å². The molecule has 26 heavy (non-hydrogen) atoms. The lowest BCUT2D eigenvalue weighted by Gasteiger charge is -2.04. The number of rotatable bonds is 15. The first kappa shape index (κ1) is 22.3. The smallest absolute Gasteiger partial charge is 0.303 e. The predicted octanol–water partition coefficient (Wildman–Crippen LogP) is 5.84. The summed E-state index contributed by atoms with van der Waals surface area (Å²) in [6.07, 6.45) is 11.4. The molecule has 0 aliphatic carbocycles. The van der Waals surface area contributed by atoms with Crippen LogP contribution in [0.5, 0.6) is 0 Å². The van der Waals surface area contributed by atoms with Gasteiger partial charge in [-0.05, 0) is 30.5 Å². The van der Waals surface area contributed by atoms with Crippen molar-refractivity contribution >= 4 is 11.8 Å². The number of hydrogen-bond acceptors (Lipinski definition) is 2. The highest BCUT2D eigenvalue weighted by Gasteiger charge is 2.07. The highest BCUT2D eigenvalue weighted by molar-refractivity contribution is 5.80. The second kappa shape index (κ2) is 13.4. The van der Waals surface area contributed by atoms with Crippen molar-refractivity contribution < 1.29 is 23.5 Å². The lowest BCUT2D eigenvalue weighted by Crippen LogP contribution is -2.03. The molecule has 0 spiro atoms. The fourth-order valence-corrected chi connectivity index (χ4v) is 2.98. The van der Waals surface area contributed by atoms with E-state index in [0.717, 1.165) is 63.5 Å². The zero-order valence-electron chi connectivity index (χ0n) is 15.4. The second-order valence-corrected chi connectivity index (χ2v) is 6.89. The number of halogens is 2. The van der Waals surface area contributed by atoms with Crippen LogP contribution in [0, 0.1) is 11.6 Å². The number of carboxylic acids is 1. The maximum absolute atomic E-state index is 13.1. The van der Waals surface area contributed by atoms with Crippen molar-refractivity contribution in [3.63, 3.8) is 0 Å². The Labute approximate surface area is 154 Å². The van der Waals surface area contributed by atoms with E-state index in [2.05, 4.69) is 0 Å². The van der Waals surface area contributed by atoms with E-state index in [0.29, 0.717) is 12.0 Å². The van der Waals surface area contributed by atoms with Crippen LogP contribution >= 0.6 is 0 Å². The van der Waals surface area contributed by atoms with Crippen LogP contribution in [0.15, 0.2) is 18.2 Å². The molecule has 0 saturated heterocycles. The fourth-order valence-electron chi connectivity index (χ4n) is 2.98. The van der Waals surface area contributed by atoms with E-state index in [-0.39, 0.29) is 18.6 Å². The summed E-state index contributed by atoms with van der Waals surface area (Å²) in [5.41, 5.74) is 0.525. The van der Waals surface area contributed by atoms with Crippen molar-refractivity contribution in [2.75, 3.05) is 0 Å². The van der Waals surface area contributed by atoms with E-state index in [9.17, 15) is 18.4 Å². The molecule has 0 atom stereocenters. The number of ketones is 1. The van der Waals surface area contributed by atoms with E-state index in [1.54, 1.807) is 0 Å². The predicted molar refractivity (Wildman–Crippen MR) is 98.1 cm³/mol. The van der Waals surface area contributed by atoms with Gasteiger partial charge in [-0.3, -0.25) is 9.59 Å². The van der Waals surface area contributed by atoms with Gasteiger partial charge in [-0.1, -0.05) is 57.4 Å². The Morgan fingerprint density at radius 3 is 1.73 bits per heavy atom. The molecule has 0 aliphatic rings. The third kappa shape index (κ3) is 11.0. The van der Waals surface area contributed by atoms with Crippen LogP contribution in [-0.4, -0.2) is 16.9 Å². The topological polar surface area (TPSA) is 54.4 Å². The normalized spacial score (nSPS) is 10.8. The standard InChI is InChI=1S/C21H30F2O3/c22-19-14-13-17(16-20(19)23)15-18(24)11-9-7-5-3-1-2-4-6-8-10-12-21(25)26/h13-14,16H,1-12,15H2,(H,25,26). The molecular formula is C21H30F2O3. The summed E-state index contributed by atoms with van der Waals surface area (Å²) < 4.78 is 25.9. The molecule has 3 nitrogen and oxygen atoms in total. The third-order valence-electron chi connectivity index (χ3n) is 4.48. The van der Waals surface area contributed by atoms with Gasteiger partial charge < -0.3 is 5.11 Å². The van der Waals surface area contributed by atoms with Gasteiger partial charge in [0.15, 0.2) is 11.6 Å². The molecule has 1 rings (SSSR count). The van der Waals surface area contributed by atoms with Crippen LogP contribution < -0.4 is 0 Å². The molecule has 0 amide bonds. The number of benzene rings is 1. The van der Waals surface area contributed by atoms with Gasteiger partial charge >= 0.3 is 5.97 Å². The average molecular weight is 368 g/mol. The molecule has 1 aromatic rings. The second-order valence-electron chi connectivity index (χ2n) is 6.89. The Morgan fingerprint density at radius 1 is 0.731 bits per heavy atom. The fraction of sp³-hybridized carbons (Fsp3) is 0.619. The largest absolute Gasteiger partial charge is 0.481 e. The molecule has 146 valence electrons. The lowest BCUT2D eigenvalue weighted by atomic mass is 10.0. The summed E-state index contributed by atoms with van der Waals surface area (Å²) in [5.74, 6) is -2.44. The third-order valence-corrected chi connectivity index (χ3v) is 4.48. The Hall–Kier alpha value is -1.78. The molecule has 0 bridgehead atoms. The SMILES string of the molecule is O=C(O)CCCCCCCCCCCCC(=O)Cc1ccc(F)c(F)c1. The van der Waals surface area contributed by atoms with Crippen LogP contribution in [0.4, 0.5) is 8.78 Å². The van der Waals surface area contributed by atoms with Gasteiger partial charge in [0.2, 0.25) is 0 Å². The van der Waals surface area contributed by atoms with Gasteiger partial charge in [-0.2, -0.15) is 0 Å². The number of hydrogen-bond donors (Lipinski definition) is 1. The van der Waals surface area contributed by atoms with E-state index >= 15 is 0 Å². The van der Waals surface area contributed by atoms with E-state index in [4.69, 9.17) is 5.11 Å². The number of unbranched alkanes of at least 4 members (excludes halogenated alkanes) is 9. The molecule has 0 aromatic heterocycles. The molecule has 5 heteroatoms. The molecule has 0 radical (unpaired) electrons. The van der Waals surface area contributed by atoms with Crippen molar-refractivity contribution in [3.8, 4) is 0 Å². The molecule has 0 fully saturated rings. The molecule has 0 heterocycles. The maximum Gasteiger partial charge on any atom is 0.303 e. The Balaban J connectivity index is 1.93. The quantitative estimate of drug-likeness (QED) is 0.396. The molecule has 0 unspecified atom stereocenters. The number of aliphatic carboxylic acids is 1. The Bertz CT molecular complexity index is 558. The van der Waals surface area contributed by atoms with Gasteiger partial charge in [0.1, 0.15) is 5.78 Å². The zero-order chi connectivity index (χ0) is 19.2. The minimum absolute atomic E-state index is 0.0670. The van der Waals surface area contributed by atoms with Crippen LogP contribution in [0.2, 0.25) is 0 Å². The highest BCUT2D eigenvalue weighted by atomic mass is 19.2. The minimum atomic E-state index is -0.905. The van der Waals surface area contributed by atoms with Crippen molar-refractivity contribution in [3.05, 3.63) is 35.4 Å². The lowest BCUT2D eigenvalue weighted by molar-refractivity contribution is -0.137. The Morgan fingerprint density at radius 2 is 1.23 bits per heavy atom. The molecule has 1 N–H and O–H groups in total. The van der Waals surface area contributed by atoms with E-state index in [1.807, 2.05) is 0 Å². The summed E-state index contributed by atoms with van der Waals surface area (Å²) in [4.78, 5) is 22.2. The van der Waals surface area contributed by atoms with Crippen molar-refractivity contribution in [2.24, 2.45) is 0 Å². The molecule has 0 aliphatic heterocycles. The Kier molecular flexibility index (Phi) is 11.5.